The number of hydrogen-bond donors (Lipinski definition) is 0. The van der Waals surface area contributed by atoms with Gasteiger partial charge in [-0.05, 0) is 42.5 Å². The molecule has 30 heavy (non-hydrogen) atoms. The number of para-hydroxylation sites is 1. The van der Waals surface area contributed by atoms with Crippen LogP contribution < -0.4 is 4.74 Å². The molecule has 3 aromatic carbocycles. The fraction of sp³-hybridized carbons (Fsp3) is 0.0909. The number of ketones is 1. The SMILES string of the molecule is O=C(COC(=O)c1ccccc1OCc1ccc(Cl)cc1Cl)c1ccc(Cl)cc1Cl. The minimum Gasteiger partial charge on any atom is -0.488 e. The first-order valence-corrected chi connectivity index (χ1v) is 10.2. The van der Waals surface area contributed by atoms with E-state index in [4.69, 9.17) is 55.9 Å². The van der Waals surface area contributed by atoms with E-state index in [1.165, 1.54) is 18.2 Å². The summed E-state index contributed by atoms with van der Waals surface area (Å²) in [6.45, 7) is -0.350. The molecule has 0 saturated carbocycles. The summed E-state index contributed by atoms with van der Waals surface area (Å²) in [7, 11) is 0. The van der Waals surface area contributed by atoms with Crippen molar-refractivity contribution in [2.45, 2.75) is 6.61 Å². The Kier molecular flexibility index (Phi) is 7.62. The molecule has 0 unspecified atom stereocenters. The Bertz CT molecular complexity index is 1100. The molecule has 3 rings (SSSR count). The van der Waals surface area contributed by atoms with E-state index in [9.17, 15) is 9.59 Å². The van der Waals surface area contributed by atoms with Crippen LogP contribution in [0.1, 0.15) is 26.3 Å². The Morgan fingerprint density at radius 2 is 1.43 bits per heavy atom. The van der Waals surface area contributed by atoms with Crippen LogP contribution in [-0.4, -0.2) is 18.4 Å². The average molecular weight is 484 g/mol. The smallest absolute Gasteiger partial charge is 0.342 e. The first-order chi connectivity index (χ1) is 14.3. The van der Waals surface area contributed by atoms with Gasteiger partial charge in [-0.25, -0.2) is 4.79 Å². The lowest BCUT2D eigenvalue weighted by Gasteiger charge is -2.12. The first-order valence-electron chi connectivity index (χ1n) is 8.66. The maximum atomic E-state index is 12.5. The van der Waals surface area contributed by atoms with Gasteiger partial charge in [0.15, 0.2) is 6.61 Å². The lowest BCUT2D eigenvalue weighted by Crippen LogP contribution is -2.15. The van der Waals surface area contributed by atoms with Gasteiger partial charge in [-0.3, -0.25) is 4.79 Å². The van der Waals surface area contributed by atoms with Crippen LogP contribution in [0.4, 0.5) is 0 Å². The molecule has 3 aromatic rings. The van der Waals surface area contributed by atoms with E-state index >= 15 is 0 Å². The van der Waals surface area contributed by atoms with Crippen molar-refractivity contribution in [2.24, 2.45) is 0 Å². The Labute approximate surface area is 193 Å². The second-order valence-electron chi connectivity index (χ2n) is 6.14. The van der Waals surface area contributed by atoms with E-state index in [2.05, 4.69) is 0 Å². The molecule has 0 aliphatic heterocycles. The molecule has 0 bridgehead atoms. The van der Waals surface area contributed by atoms with Gasteiger partial charge in [0.2, 0.25) is 5.78 Å². The van der Waals surface area contributed by atoms with Crippen LogP contribution in [0.2, 0.25) is 20.1 Å². The third-order valence-electron chi connectivity index (χ3n) is 4.07. The first kappa shape index (κ1) is 22.4. The minimum atomic E-state index is -0.703. The molecule has 154 valence electrons. The Balaban J connectivity index is 1.67. The lowest BCUT2D eigenvalue weighted by atomic mass is 10.1. The summed E-state index contributed by atoms with van der Waals surface area (Å²) in [5.41, 5.74) is 1.10. The molecule has 0 N–H and O–H groups in total. The van der Waals surface area contributed by atoms with Crippen LogP contribution in [-0.2, 0) is 11.3 Å². The number of ether oxygens (including phenoxy) is 2. The topological polar surface area (TPSA) is 52.6 Å². The molecule has 0 atom stereocenters. The van der Waals surface area contributed by atoms with Gasteiger partial charge in [-0.15, -0.1) is 0 Å². The van der Waals surface area contributed by atoms with E-state index in [1.807, 2.05) is 0 Å². The fourth-order valence-corrected chi connectivity index (χ4v) is 3.53. The van der Waals surface area contributed by atoms with Gasteiger partial charge in [0.1, 0.15) is 17.9 Å². The molecule has 0 aliphatic carbocycles. The monoisotopic (exact) mass is 482 g/mol. The van der Waals surface area contributed by atoms with Crippen LogP contribution in [0, 0.1) is 0 Å². The quantitative estimate of drug-likeness (QED) is 0.270. The van der Waals surface area contributed by atoms with E-state index in [0.717, 1.165) is 0 Å². The highest BCUT2D eigenvalue weighted by molar-refractivity contribution is 6.37. The number of carbonyl (C=O) groups is 2. The maximum Gasteiger partial charge on any atom is 0.342 e. The number of halogens is 4. The molecule has 0 aromatic heterocycles. The van der Waals surface area contributed by atoms with Crippen molar-refractivity contribution in [1.82, 2.24) is 0 Å². The third-order valence-corrected chi connectivity index (χ3v) is 5.21. The molecule has 0 saturated heterocycles. The van der Waals surface area contributed by atoms with Crippen molar-refractivity contribution in [1.29, 1.82) is 0 Å². The number of carbonyl (C=O) groups excluding carboxylic acids is 2. The van der Waals surface area contributed by atoms with E-state index in [0.29, 0.717) is 26.4 Å². The summed E-state index contributed by atoms with van der Waals surface area (Å²) in [6.07, 6.45) is 0. The lowest BCUT2D eigenvalue weighted by molar-refractivity contribution is 0.0470. The van der Waals surface area contributed by atoms with Crippen LogP contribution >= 0.6 is 46.4 Å². The predicted molar refractivity (Wildman–Crippen MR) is 118 cm³/mol. The molecule has 0 radical (unpaired) electrons. The maximum absolute atomic E-state index is 12.5. The second-order valence-corrected chi connectivity index (χ2v) is 7.83. The highest BCUT2D eigenvalue weighted by atomic mass is 35.5. The van der Waals surface area contributed by atoms with Gasteiger partial charge in [0, 0.05) is 26.2 Å². The zero-order valence-corrected chi connectivity index (χ0v) is 18.4. The largest absolute Gasteiger partial charge is 0.488 e. The number of Topliss-reactive ketones (excluding diaryl/α,β-unsaturated/α-hetero) is 1. The number of rotatable bonds is 7. The molecular weight excluding hydrogens is 470 g/mol. The highest BCUT2D eigenvalue weighted by Gasteiger charge is 2.18. The van der Waals surface area contributed by atoms with Gasteiger partial charge in [-0.1, -0.05) is 64.6 Å². The van der Waals surface area contributed by atoms with Gasteiger partial charge in [0.05, 0.1) is 5.02 Å². The summed E-state index contributed by atoms with van der Waals surface area (Å²) in [4.78, 5) is 24.8. The fourth-order valence-electron chi connectivity index (χ4n) is 2.56. The zero-order chi connectivity index (χ0) is 21.7. The van der Waals surface area contributed by atoms with Crippen molar-refractivity contribution >= 4 is 58.2 Å². The molecule has 0 heterocycles. The van der Waals surface area contributed by atoms with Crippen LogP contribution in [0.15, 0.2) is 60.7 Å². The van der Waals surface area contributed by atoms with Crippen molar-refractivity contribution in [3.63, 3.8) is 0 Å². The molecular formula is C22H14Cl4O4. The number of hydrogen-bond acceptors (Lipinski definition) is 4. The van der Waals surface area contributed by atoms with Crippen molar-refractivity contribution in [2.75, 3.05) is 6.61 Å². The predicted octanol–water partition coefficient (Wildman–Crippen LogP) is 6.92. The Morgan fingerprint density at radius 3 is 2.13 bits per heavy atom. The Hall–Kier alpha value is -2.24. The van der Waals surface area contributed by atoms with Crippen LogP contribution in [0.3, 0.4) is 0 Å². The van der Waals surface area contributed by atoms with Gasteiger partial charge in [0.25, 0.3) is 0 Å². The zero-order valence-electron chi connectivity index (χ0n) is 15.3. The normalized spacial score (nSPS) is 10.5. The van der Waals surface area contributed by atoms with E-state index in [1.54, 1.807) is 42.5 Å². The summed E-state index contributed by atoms with van der Waals surface area (Å²) >= 11 is 23.9. The average Bonchev–Trinajstić information content (AvgIpc) is 2.71. The summed E-state index contributed by atoms with van der Waals surface area (Å²) in [5.74, 6) is -0.854. The van der Waals surface area contributed by atoms with E-state index in [-0.39, 0.29) is 22.8 Å². The second kappa shape index (κ2) is 10.2. The highest BCUT2D eigenvalue weighted by Crippen LogP contribution is 2.25. The standard InChI is InChI=1S/C22H14Cl4O4/c23-14-6-5-13(18(25)9-14)11-29-21-4-2-1-3-17(21)22(28)30-12-20(27)16-8-7-15(24)10-19(16)26/h1-10H,11-12H2. The van der Waals surface area contributed by atoms with Gasteiger partial charge in [-0.2, -0.15) is 0 Å². The van der Waals surface area contributed by atoms with Crippen molar-refractivity contribution in [3.8, 4) is 5.75 Å². The molecule has 0 fully saturated rings. The third kappa shape index (κ3) is 5.67. The van der Waals surface area contributed by atoms with Gasteiger partial charge < -0.3 is 9.47 Å². The summed E-state index contributed by atoms with van der Waals surface area (Å²) < 4.78 is 10.9. The molecule has 0 amide bonds. The molecule has 8 heteroatoms. The minimum absolute atomic E-state index is 0.125. The molecule has 4 nitrogen and oxygen atoms in total. The van der Waals surface area contributed by atoms with E-state index < -0.39 is 18.4 Å². The summed E-state index contributed by atoms with van der Waals surface area (Å²) in [5, 5.41) is 1.55. The number of benzene rings is 3. The Morgan fingerprint density at radius 1 is 0.767 bits per heavy atom. The van der Waals surface area contributed by atoms with Crippen LogP contribution in [0.5, 0.6) is 5.75 Å². The van der Waals surface area contributed by atoms with Crippen molar-refractivity contribution < 1.29 is 19.1 Å². The summed E-state index contributed by atoms with van der Waals surface area (Å²) in [6, 6.07) is 16.0. The van der Waals surface area contributed by atoms with Crippen molar-refractivity contribution in [3.05, 3.63) is 97.4 Å². The van der Waals surface area contributed by atoms with Gasteiger partial charge >= 0.3 is 5.97 Å². The number of esters is 1. The molecule has 0 spiro atoms. The molecule has 0 aliphatic rings. The van der Waals surface area contributed by atoms with Crippen LogP contribution in [0.25, 0.3) is 0 Å².